The van der Waals surface area contributed by atoms with Crippen molar-refractivity contribution in [3.63, 3.8) is 0 Å². The summed E-state index contributed by atoms with van der Waals surface area (Å²) in [5.74, 6) is 1.09. The Morgan fingerprint density at radius 3 is 2.90 bits per heavy atom. The van der Waals surface area contributed by atoms with Crippen LogP contribution in [0.1, 0.15) is 50.5 Å². The van der Waals surface area contributed by atoms with Crippen molar-refractivity contribution < 1.29 is 9.21 Å². The topological polar surface area (TPSA) is 46.3 Å². The van der Waals surface area contributed by atoms with E-state index in [2.05, 4.69) is 24.9 Å². The van der Waals surface area contributed by atoms with E-state index in [0.717, 1.165) is 55.6 Å². The van der Waals surface area contributed by atoms with Crippen molar-refractivity contribution in [3.05, 3.63) is 29.7 Å². The average molecular weight is 286 g/mol. The number of hydrogen-bond acceptors (Lipinski definition) is 3. The lowest BCUT2D eigenvalue weighted by molar-refractivity contribution is -0.118. The summed E-state index contributed by atoms with van der Waals surface area (Å²) in [6.07, 6.45) is 5.19. The number of rotatable bonds is 7. The number of aromatic nitrogens is 1. The van der Waals surface area contributed by atoms with E-state index in [1.165, 1.54) is 5.56 Å². The van der Waals surface area contributed by atoms with Gasteiger partial charge in [-0.05, 0) is 37.3 Å². The highest BCUT2D eigenvalue weighted by Gasteiger charge is 2.27. The van der Waals surface area contributed by atoms with Gasteiger partial charge in [0.05, 0.1) is 0 Å². The van der Waals surface area contributed by atoms with Gasteiger partial charge in [0.25, 0.3) is 0 Å². The predicted molar refractivity (Wildman–Crippen MR) is 82.2 cm³/mol. The Hall–Kier alpha value is -1.84. The molecular formula is C17H22N2O2. The van der Waals surface area contributed by atoms with Crippen LogP contribution in [0.2, 0.25) is 0 Å². The largest absolute Gasteiger partial charge is 0.440 e. The minimum atomic E-state index is 0.297. The first kappa shape index (κ1) is 14.1. The number of oxazole rings is 1. The molecule has 112 valence electrons. The first-order valence-corrected chi connectivity index (χ1v) is 7.78. The van der Waals surface area contributed by atoms with Crippen LogP contribution in [0, 0.1) is 0 Å². The Bertz CT molecular complexity index is 629. The highest BCUT2D eigenvalue weighted by atomic mass is 16.3. The molecule has 0 aliphatic heterocycles. The summed E-state index contributed by atoms with van der Waals surface area (Å²) in [5, 5.41) is 0. The number of amides is 1. The normalized spacial score (nSPS) is 14.8. The second-order valence-electron chi connectivity index (χ2n) is 6.15. The fraction of sp³-hybridized carbons (Fsp3) is 0.529. The Balaban J connectivity index is 1.69. The molecule has 0 atom stereocenters. The maximum absolute atomic E-state index is 11.0. The van der Waals surface area contributed by atoms with Crippen LogP contribution in [0.5, 0.6) is 0 Å². The molecule has 1 aromatic heterocycles. The SMILES string of the molecule is CC(C)c1nc2cccc(CCCN(C=O)C3CC3)c2o1. The van der Waals surface area contributed by atoms with Crippen molar-refractivity contribution in [1.82, 2.24) is 9.88 Å². The maximum Gasteiger partial charge on any atom is 0.209 e. The Morgan fingerprint density at radius 1 is 1.43 bits per heavy atom. The van der Waals surface area contributed by atoms with Gasteiger partial charge in [0, 0.05) is 18.5 Å². The van der Waals surface area contributed by atoms with Gasteiger partial charge in [-0.1, -0.05) is 26.0 Å². The van der Waals surface area contributed by atoms with Crippen LogP contribution in [0.15, 0.2) is 22.6 Å². The van der Waals surface area contributed by atoms with Crippen molar-refractivity contribution in [2.75, 3.05) is 6.54 Å². The zero-order chi connectivity index (χ0) is 14.8. The van der Waals surface area contributed by atoms with E-state index >= 15 is 0 Å². The van der Waals surface area contributed by atoms with E-state index in [0.29, 0.717) is 12.0 Å². The van der Waals surface area contributed by atoms with Crippen molar-refractivity contribution in [3.8, 4) is 0 Å². The van der Waals surface area contributed by atoms with Gasteiger partial charge < -0.3 is 9.32 Å². The molecule has 4 nitrogen and oxygen atoms in total. The lowest BCUT2D eigenvalue weighted by atomic mass is 10.1. The van der Waals surface area contributed by atoms with Gasteiger partial charge in [0.15, 0.2) is 11.5 Å². The number of nitrogens with zero attached hydrogens (tertiary/aromatic N) is 2. The minimum Gasteiger partial charge on any atom is -0.440 e. The number of aryl methyl sites for hydroxylation is 1. The molecule has 0 unspecified atom stereocenters. The van der Waals surface area contributed by atoms with Gasteiger partial charge in [-0.25, -0.2) is 4.98 Å². The van der Waals surface area contributed by atoms with E-state index < -0.39 is 0 Å². The molecule has 0 spiro atoms. The highest BCUT2D eigenvalue weighted by Crippen LogP contribution is 2.27. The van der Waals surface area contributed by atoms with Gasteiger partial charge >= 0.3 is 0 Å². The predicted octanol–water partition coefficient (Wildman–Crippen LogP) is 3.50. The number of carbonyl (C=O) groups is 1. The van der Waals surface area contributed by atoms with E-state index in [-0.39, 0.29) is 0 Å². The molecule has 1 heterocycles. The molecule has 1 saturated carbocycles. The Labute approximate surface area is 125 Å². The highest BCUT2D eigenvalue weighted by molar-refractivity contribution is 5.76. The summed E-state index contributed by atoms with van der Waals surface area (Å²) in [6.45, 7) is 5.00. The molecule has 0 radical (unpaired) electrons. The number of para-hydroxylation sites is 1. The Morgan fingerprint density at radius 2 is 2.24 bits per heavy atom. The lowest BCUT2D eigenvalue weighted by Crippen LogP contribution is -2.25. The molecule has 4 heteroatoms. The number of fused-ring (bicyclic) bond motifs is 1. The second kappa shape index (κ2) is 5.88. The lowest BCUT2D eigenvalue weighted by Gasteiger charge is -2.15. The first-order chi connectivity index (χ1) is 10.2. The first-order valence-electron chi connectivity index (χ1n) is 7.78. The zero-order valence-electron chi connectivity index (χ0n) is 12.7. The molecule has 3 rings (SSSR count). The number of carbonyl (C=O) groups excluding carboxylic acids is 1. The molecule has 1 fully saturated rings. The monoisotopic (exact) mass is 286 g/mol. The zero-order valence-corrected chi connectivity index (χ0v) is 12.7. The quantitative estimate of drug-likeness (QED) is 0.732. The number of hydrogen-bond donors (Lipinski definition) is 0. The molecule has 1 amide bonds. The summed E-state index contributed by atoms with van der Waals surface area (Å²) in [5.41, 5.74) is 3.03. The van der Waals surface area contributed by atoms with Crippen LogP contribution in [-0.2, 0) is 11.2 Å². The third-order valence-corrected chi connectivity index (χ3v) is 4.02. The molecule has 1 aliphatic carbocycles. The molecule has 1 aromatic carbocycles. The number of benzene rings is 1. The summed E-state index contributed by atoms with van der Waals surface area (Å²) in [7, 11) is 0. The molecule has 0 N–H and O–H groups in total. The molecule has 0 saturated heterocycles. The summed E-state index contributed by atoms with van der Waals surface area (Å²) < 4.78 is 5.91. The maximum atomic E-state index is 11.0. The van der Waals surface area contributed by atoms with Gasteiger partial charge in [-0.3, -0.25) is 4.79 Å². The smallest absolute Gasteiger partial charge is 0.209 e. The van der Waals surface area contributed by atoms with Crippen LogP contribution in [0.4, 0.5) is 0 Å². The van der Waals surface area contributed by atoms with Crippen LogP contribution in [0.3, 0.4) is 0 Å². The van der Waals surface area contributed by atoms with E-state index in [4.69, 9.17) is 4.42 Å². The summed E-state index contributed by atoms with van der Waals surface area (Å²) in [6, 6.07) is 6.62. The fourth-order valence-corrected chi connectivity index (χ4v) is 2.65. The minimum absolute atomic E-state index is 0.297. The summed E-state index contributed by atoms with van der Waals surface area (Å²) in [4.78, 5) is 17.5. The van der Waals surface area contributed by atoms with E-state index in [1.54, 1.807) is 0 Å². The third-order valence-electron chi connectivity index (χ3n) is 4.02. The average Bonchev–Trinajstić information content (AvgIpc) is 3.21. The van der Waals surface area contributed by atoms with Crippen molar-refractivity contribution in [2.24, 2.45) is 0 Å². The van der Waals surface area contributed by atoms with Gasteiger partial charge in [-0.2, -0.15) is 0 Å². The fourth-order valence-electron chi connectivity index (χ4n) is 2.65. The van der Waals surface area contributed by atoms with Gasteiger partial charge in [0.2, 0.25) is 6.41 Å². The van der Waals surface area contributed by atoms with Crippen LogP contribution >= 0.6 is 0 Å². The Kier molecular flexibility index (Phi) is 3.95. The summed E-state index contributed by atoms with van der Waals surface area (Å²) >= 11 is 0. The van der Waals surface area contributed by atoms with Crippen molar-refractivity contribution >= 4 is 17.5 Å². The standard InChI is InChI=1S/C17H22N2O2/c1-12(2)17-18-15-7-3-5-13(16(15)21-17)6-4-10-19(11-20)14-8-9-14/h3,5,7,11-12,14H,4,6,8-10H2,1-2H3. The van der Waals surface area contributed by atoms with E-state index in [1.807, 2.05) is 17.0 Å². The molecule has 21 heavy (non-hydrogen) atoms. The van der Waals surface area contributed by atoms with E-state index in [9.17, 15) is 4.79 Å². The van der Waals surface area contributed by atoms with Crippen LogP contribution < -0.4 is 0 Å². The molecule has 1 aliphatic rings. The molecule has 0 bridgehead atoms. The van der Waals surface area contributed by atoms with Gasteiger partial charge in [-0.15, -0.1) is 0 Å². The third kappa shape index (κ3) is 3.09. The van der Waals surface area contributed by atoms with Crippen LogP contribution in [-0.4, -0.2) is 28.9 Å². The second-order valence-corrected chi connectivity index (χ2v) is 6.15. The van der Waals surface area contributed by atoms with Crippen LogP contribution in [0.25, 0.3) is 11.1 Å². The van der Waals surface area contributed by atoms with Crippen molar-refractivity contribution in [2.45, 2.75) is 51.5 Å². The molecule has 2 aromatic rings. The molecular weight excluding hydrogens is 264 g/mol. The van der Waals surface area contributed by atoms with Crippen molar-refractivity contribution in [1.29, 1.82) is 0 Å². The van der Waals surface area contributed by atoms with Gasteiger partial charge in [0.1, 0.15) is 5.52 Å².